The molecule has 0 aliphatic carbocycles. The highest BCUT2D eigenvalue weighted by Crippen LogP contribution is 2.25. The fourth-order valence-corrected chi connectivity index (χ4v) is 3.13. The molecule has 0 bridgehead atoms. The van der Waals surface area contributed by atoms with E-state index in [2.05, 4.69) is 37.9 Å². The molecular formula is C19H22N6. The molecule has 0 saturated carbocycles. The summed E-state index contributed by atoms with van der Waals surface area (Å²) in [5.41, 5.74) is 4.66. The van der Waals surface area contributed by atoms with Crippen LogP contribution in [0.5, 0.6) is 0 Å². The fourth-order valence-electron chi connectivity index (χ4n) is 3.13. The number of hydrogen-bond donors (Lipinski definition) is 2. The molecule has 1 aromatic carbocycles. The van der Waals surface area contributed by atoms with E-state index < -0.39 is 0 Å². The average Bonchev–Trinajstić information content (AvgIpc) is 2.91. The van der Waals surface area contributed by atoms with Gasteiger partial charge in [0.25, 0.3) is 0 Å². The molecule has 1 aliphatic heterocycles. The summed E-state index contributed by atoms with van der Waals surface area (Å²) in [4.78, 5) is 7.00. The van der Waals surface area contributed by atoms with Crippen LogP contribution in [0.25, 0.3) is 0 Å². The Morgan fingerprint density at radius 2 is 2.08 bits per heavy atom. The Morgan fingerprint density at radius 1 is 1.20 bits per heavy atom. The lowest BCUT2D eigenvalue weighted by Crippen LogP contribution is -2.25. The van der Waals surface area contributed by atoms with Crippen molar-refractivity contribution >= 4 is 17.2 Å². The van der Waals surface area contributed by atoms with Crippen molar-refractivity contribution in [3.05, 3.63) is 66.1 Å². The van der Waals surface area contributed by atoms with Crippen molar-refractivity contribution in [1.82, 2.24) is 19.7 Å². The summed E-state index contributed by atoms with van der Waals surface area (Å²) in [5, 5.41) is 11.1. The maximum atomic E-state index is 4.58. The Morgan fingerprint density at radius 3 is 2.88 bits per heavy atom. The van der Waals surface area contributed by atoms with Crippen molar-refractivity contribution in [3.63, 3.8) is 0 Å². The maximum Gasteiger partial charge on any atom is 0.132 e. The molecule has 6 nitrogen and oxygen atoms in total. The van der Waals surface area contributed by atoms with E-state index in [-0.39, 0.29) is 0 Å². The minimum absolute atomic E-state index is 0.859. The molecular weight excluding hydrogens is 312 g/mol. The number of hydrogen-bond acceptors (Lipinski definition) is 5. The van der Waals surface area contributed by atoms with Gasteiger partial charge in [-0.1, -0.05) is 18.2 Å². The number of benzene rings is 1. The second-order valence-corrected chi connectivity index (χ2v) is 6.38. The quantitative estimate of drug-likeness (QED) is 0.768. The number of rotatable bonds is 4. The molecule has 0 atom stereocenters. The van der Waals surface area contributed by atoms with E-state index in [1.807, 2.05) is 54.5 Å². The molecule has 128 valence electrons. The lowest BCUT2D eigenvalue weighted by atomic mass is 10.2. The highest BCUT2D eigenvalue weighted by molar-refractivity contribution is 5.63. The maximum absolute atomic E-state index is 4.58. The van der Waals surface area contributed by atoms with Crippen molar-refractivity contribution in [3.8, 4) is 0 Å². The Labute approximate surface area is 147 Å². The van der Waals surface area contributed by atoms with Gasteiger partial charge in [-0.2, -0.15) is 5.10 Å². The van der Waals surface area contributed by atoms with E-state index in [9.17, 15) is 0 Å². The number of anilines is 3. The van der Waals surface area contributed by atoms with Crippen LogP contribution in [-0.4, -0.2) is 32.8 Å². The van der Waals surface area contributed by atoms with Crippen molar-refractivity contribution in [2.75, 3.05) is 23.7 Å². The van der Waals surface area contributed by atoms with Crippen LogP contribution < -0.4 is 10.6 Å². The van der Waals surface area contributed by atoms with Gasteiger partial charge >= 0.3 is 0 Å². The van der Waals surface area contributed by atoms with Gasteiger partial charge in [-0.25, -0.2) is 4.98 Å². The van der Waals surface area contributed by atoms with Crippen molar-refractivity contribution in [2.24, 2.45) is 7.05 Å². The summed E-state index contributed by atoms with van der Waals surface area (Å²) in [6.45, 7) is 3.70. The summed E-state index contributed by atoms with van der Waals surface area (Å²) >= 11 is 0. The van der Waals surface area contributed by atoms with Gasteiger partial charge in [0.15, 0.2) is 0 Å². The minimum atomic E-state index is 0.859. The second-order valence-electron chi connectivity index (χ2n) is 6.38. The number of fused-ring (bicyclic) bond motifs is 1. The lowest BCUT2D eigenvalue weighted by molar-refractivity contribution is 0.271. The predicted molar refractivity (Wildman–Crippen MR) is 99.8 cm³/mol. The molecule has 6 heteroatoms. The molecule has 3 heterocycles. The van der Waals surface area contributed by atoms with Gasteiger partial charge in [0.2, 0.25) is 0 Å². The van der Waals surface area contributed by atoms with Crippen molar-refractivity contribution in [2.45, 2.75) is 13.1 Å². The Balaban J connectivity index is 1.48. The minimum Gasteiger partial charge on any atom is -0.383 e. The van der Waals surface area contributed by atoms with E-state index in [0.29, 0.717) is 0 Å². The van der Waals surface area contributed by atoms with Gasteiger partial charge in [-0.05, 0) is 12.1 Å². The van der Waals surface area contributed by atoms with Gasteiger partial charge in [0.1, 0.15) is 5.82 Å². The molecule has 0 radical (unpaired) electrons. The SMILES string of the molecule is Cn1cc(CN2CCNc3cc(Nc4ccccc4)ncc3C2)cn1. The molecule has 0 unspecified atom stereocenters. The molecule has 0 fully saturated rings. The molecule has 4 rings (SSSR count). The third-order valence-electron chi connectivity index (χ3n) is 4.33. The third-order valence-corrected chi connectivity index (χ3v) is 4.33. The number of pyridine rings is 1. The van der Waals surface area contributed by atoms with Crippen LogP contribution in [0.2, 0.25) is 0 Å². The molecule has 2 aromatic heterocycles. The van der Waals surface area contributed by atoms with Gasteiger partial charge in [-0.3, -0.25) is 9.58 Å². The van der Waals surface area contributed by atoms with Gasteiger partial charge in [0, 0.05) is 74.2 Å². The normalized spacial score (nSPS) is 14.4. The average molecular weight is 334 g/mol. The lowest BCUT2D eigenvalue weighted by Gasteiger charge is -2.18. The van der Waals surface area contributed by atoms with Crippen molar-refractivity contribution < 1.29 is 0 Å². The van der Waals surface area contributed by atoms with Crippen LogP contribution in [0.3, 0.4) is 0 Å². The number of aryl methyl sites for hydroxylation is 1. The number of nitrogens with one attached hydrogen (secondary N) is 2. The number of para-hydroxylation sites is 1. The van der Waals surface area contributed by atoms with Crippen LogP contribution >= 0.6 is 0 Å². The Bertz CT molecular complexity index is 842. The first-order valence-electron chi connectivity index (χ1n) is 8.51. The van der Waals surface area contributed by atoms with Crippen molar-refractivity contribution in [1.29, 1.82) is 0 Å². The van der Waals surface area contributed by atoms with Gasteiger partial charge in [-0.15, -0.1) is 0 Å². The summed E-state index contributed by atoms with van der Waals surface area (Å²) in [5.74, 6) is 0.859. The van der Waals surface area contributed by atoms with E-state index >= 15 is 0 Å². The molecule has 1 aliphatic rings. The first-order chi connectivity index (χ1) is 12.3. The number of aromatic nitrogens is 3. The summed E-state index contributed by atoms with van der Waals surface area (Å²) in [6.07, 6.45) is 5.98. The van der Waals surface area contributed by atoms with E-state index in [0.717, 1.165) is 43.4 Å². The first kappa shape index (κ1) is 15.7. The summed E-state index contributed by atoms with van der Waals surface area (Å²) in [6, 6.07) is 12.2. The van der Waals surface area contributed by atoms with Gasteiger partial charge in [0.05, 0.1) is 6.20 Å². The van der Waals surface area contributed by atoms with E-state index in [1.165, 1.54) is 11.1 Å². The molecule has 0 saturated heterocycles. The molecule has 3 aromatic rings. The van der Waals surface area contributed by atoms with Crippen LogP contribution in [0.15, 0.2) is 55.0 Å². The Hall–Kier alpha value is -2.86. The van der Waals surface area contributed by atoms with Gasteiger partial charge < -0.3 is 10.6 Å². The van der Waals surface area contributed by atoms with Crippen LogP contribution in [-0.2, 0) is 20.1 Å². The molecule has 25 heavy (non-hydrogen) atoms. The third kappa shape index (κ3) is 3.80. The Kier molecular flexibility index (Phi) is 4.35. The predicted octanol–water partition coefficient (Wildman–Crippen LogP) is 2.99. The second kappa shape index (κ2) is 6.94. The number of nitrogens with zero attached hydrogens (tertiary/aromatic N) is 4. The smallest absolute Gasteiger partial charge is 0.132 e. The van der Waals surface area contributed by atoms with E-state index in [1.54, 1.807) is 0 Å². The molecule has 0 spiro atoms. The largest absolute Gasteiger partial charge is 0.383 e. The zero-order valence-electron chi connectivity index (χ0n) is 14.3. The molecule has 0 amide bonds. The fraction of sp³-hybridized carbons (Fsp3) is 0.263. The zero-order valence-corrected chi connectivity index (χ0v) is 14.3. The first-order valence-corrected chi connectivity index (χ1v) is 8.51. The van der Waals surface area contributed by atoms with Crippen LogP contribution in [0.4, 0.5) is 17.2 Å². The monoisotopic (exact) mass is 334 g/mol. The summed E-state index contributed by atoms with van der Waals surface area (Å²) < 4.78 is 1.85. The topological polar surface area (TPSA) is 58.0 Å². The van der Waals surface area contributed by atoms with Crippen LogP contribution in [0.1, 0.15) is 11.1 Å². The highest BCUT2D eigenvalue weighted by atomic mass is 15.2. The standard InChI is InChI=1S/C19H22N6/c1-24-12-15(10-22-24)13-25-8-7-20-18-9-19(21-11-16(18)14-25)23-17-5-3-2-4-6-17/h2-6,9-12,20H,7-8,13-14H2,1H3,(H,21,23). The van der Waals surface area contributed by atoms with Crippen LogP contribution in [0, 0.1) is 0 Å². The highest BCUT2D eigenvalue weighted by Gasteiger charge is 2.16. The molecule has 2 N–H and O–H groups in total. The zero-order chi connectivity index (χ0) is 17.1. The summed E-state index contributed by atoms with van der Waals surface area (Å²) in [7, 11) is 1.95. The van der Waals surface area contributed by atoms with E-state index in [4.69, 9.17) is 0 Å².